The van der Waals surface area contributed by atoms with E-state index in [4.69, 9.17) is 4.74 Å². The van der Waals surface area contributed by atoms with Gasteiger partial charge in [-0.25, -0.2) is 8.78 Å². The number of benzene rings is 2. The maximum absolute atomic E-state index is 14.1. The number of carbonyl (C=O) groups excluding carboxylic acids is 1. The van der Waals surface area contributed by atoms with E-state index in [1.165, 1.54) is 32.9 Å². The van der Waals surface area contributed by atoms with E-state index in [1.807, 2.05) is 30.3 Å². The SMILES string of the molecule is Cc1ccc(C(C)(C)C(=O)OCc2ccccc2)c(F)c1F. The first-order valence-electron chi connectivity index (χ1n) is 7.00. The lowest BCUT2D eigenvalue weighted by Gasteiger charge is -2.24. The van der Waals surface area contributed by atoms with Crippen LogP contribution in [0.4, 0.5) is 8.78 Å². The summed E-state index contributed by atoms with van der Waals surface area (Å²) in [6, 6.07) is 12.1. The van der Waals surface area contributed by atoms with Crippen LogP contribution in [0.3, 0.4) is 0 Å². The van der Waals surface area contributed by atoms with Gasteiger partial charge in [-0.05, 0) is 31.9 Å². The molecule has 2 rings (SSSR count). The monoisotopic (exact) mass is 304 g/mol. The number of rotatable bonds is 4. The van der Waals surface area contributed by atoms with Gasteiger partial charge in [0.05, 0.1) is 5.41 Å². The van der Waals surface area contributed by atoms with Crippen molar-refractivity contribution in [1.29, 1.82) is 0 Å². The topological polar surface area (TPSA) is 26.3 Å². The van der Waals surface area contributed by atoms with E-state index in [2.05, 4.69) is 0 Å². The molecule has 0 aliphatic rings. The molecule has 0 bridgehead atoms. The highest BCUT2D eigenvalue weighted by atomic mass is 19.2. The van der Waals surface area contributed by atoms with Gasteiger partial charge >= 0.3 is 5.97 Å². The molecule has 0 spiro atoms. The molecule has 2 nitrogen and oxygen atoms in total. The summed E-state index contributed by atoms with van der Waals surface area (Å²) >= 11 is 0. The highest BCUT2D eigenvalue weighted by Crippen LogP contribution is 2.30. The second-order valence-electron chi connectivity index (χ2n) is 5.74. The Kier molecular flexibility index (Phi) is 4.59. The van der Waals surface area contributed by atoms with Gasteiger partial charge in [0.25, 0.3) is 0 Å². The molecule has 0 aliphatic heterocycles. The van der Waals surface area contributed by atoms with E-state index in [0.29, 0.717) is 0 Å². The fourth-order valence-electron chi connectivity index (χ4n) is 2.14. The molecule has 22 heavy (non-hydrogen) atoms. The lowest BCUT2D eigenvalue weighted by molar-refractivity contribution is -0.150. The lowest BCUT2D eigenvalue weighted by atomic mass is 9.83. The Morgan fingerprint density at radius 3 is 2.32 bits per heavy atom. The van der Waals surface area contributed by atoms with Crippen LogP contribution in [0.15, 0.2) is 42.5 Å². The van der Waals surface area contributed by atoms with Crippen LogP contribution in [0, 0.1) is 18.6 Å². The quantitative estimate of drug-likeness (QED) is 0.787. The molecule has 2 aromatic rings. The molecular weight excluding hydrogens is 286 g/mol. The van der Waals surface area contributed by atoms with Crippen molar-refractivity contribution in [2.45, 2.75) is 32.8 Å². The first-order chi connectivity index (χ1) is 10.3. The van der Waals surface area contributed by atoms with Gasteiger partial charge in [-0.15, -0.1) is 0 Å². The Morgan fingerprint density at radius 2 is 1.68 bits per heavy atom. The zero-order valence-corrected chi connectivity index (χ0v) is 12.8. The number of hydrogen-bond acceptors (Lipinski definition) is 2. The Labute approximate surface area is 128 Å². The second kappa shape index (κ2) is 6.26. The number of carbonyl (C=O) groups is 1. The lowest BCUT2D eigenvalue weighted by Crippen LogP contribution is -2.32. The molecule has 0 heterocycles. The number of esters is 1. The summed E-state index contributed by atoms with van der Waals surface area (Å²) < 4.78 is 33.1. The minimum atomic E-state index is -1.27. The zero-order chi connectivity index (χ0) is 16.3. The van der Waals surface area contributed by atoms with Crippen molar-refractivity contribution >= 4 is 5.97 Å². The molecule has 0 fully saturated rings. The van der Waals surface area contributed by atoms with Crippen molar-refractivity contribution in [2.75, 3.05) is 0 Å². The van der Waals surface area contributed by atoms with Crippen molar-refractivity contribution in [3.8, 4) is 0 Å². The third kappa shape index (κ3) is 3.16. The molecule has 0 amide bonds. The minimum Gasteiger partial charge on any atom is -0.460 e. The summed E-state index contributed by atoms with van der Waals surface area (Å²) in [6.45, 7) is 4.61. The maximum Gasteiger partial charge on any atom is 0.316 e. The van der Waals surface area contributed by atoms with Crippen molar-refractivity contribution < 1.29 is 18.3 Å². The molecule has 2 aromatic carbocycles. The molecule has 0 aliphatic carbocycles. The Balaban J connectivity index is 2.19. The molecule has 0 atom stereocenters. The average Bonchev–Trinajstić information content (AvgIpc) is 2.51. The van der Waals surface area contributed by atoms with E-state index in [9.17, 15) is 13.6 Å². The van der Waals surface area contributed by atoms with Gasteiger partial charge in [-0.1, -0.05) is 42.5 Å². The zero-order valence-electron chi connectivity index (χ0n) is 12.8. The van der Waals surface area contributed by atoms with E-state index in [0.717, 1.165) is 5.56 Å². The predicted molar refractivity (Wildman–Crippen MR) is 80.4 cm³/mol. The van der Waals surface area contributed by atoms with Crippen molar-refractivity contribution in [3.63, 3.8) is 0 Å². The summed E-state index contributed by atoms with van der Waals surface area (Å²) in [6.07, 6.45) is 0. The smallest absolute Gasteiger partial charge is 0.316 e. The molecule has 0 unspecified atom stereocenters. The Morgan fingerprint density at radius 1 is 1.05 bits per heavy atom. The van der Waals surface area contributed by atoms with Gasteiger partial charge in [0.2, 0.25) is 0 Å². The predicted octanol–water partition coefficient (Wildman–Crippen LogP) is 4.29. The van der Waals surface area contributed by atoms with E-state index in [1.54, 1.807) is 0 Å². The number of hydrogen-bond donors (Lipinski definition) is 0. The summed E-state index contributed by atoms with van der Waals surface area (Å²) in [5.74, 6) is -2.53. The molecule has 116 valence electrons. The average molecular weight is 304 g/mol. The van der Waals surface area contributed by atoms with Crippen LogP contribution in [0.25, 0.3) is 0 Å². The van der Waals surface area contributed by atoms with Crippen molar-refractivity contribution in [2.24, 2.45) is 0 Å². The number of aryl methyl sites for hydroxylation is 1. The molecule has 0 saturated carbocycles. The van der Waals surface area contributed by atoms with Gasteiger partial charge in [0.1, 0.15) is 6.61 Å². The van der Waals surface area contributed by atoms with Crippen LogP contribution in [0.5, 0.6) is 0 Å². The summed E-state index contributed by atoms with van der Waals surface area (Å²) in [4.78, 5) is 12.3. The Bertz CT molecular complexity index is 679. The van der Waals surface area contributed by atoms with Gasteiger partial charge < -0.3 is 4.74 Å². The molecular formula is C18H18F2O2. The van der Waals surface area contributed by atoms with E-state index < -0.39 is 23.0 Å². The normalized spacial score (nSPS) is 11.3. The Hall–Kier alpha value is -2.23. The third-order valence-electron chi connectivity index (χ3n) is 3.67. The van der Waals surface area contributed by atoms with Crippen LogP contribution in [-0.4, -0.2) is 5.97 Å². The van der Waals surface area contributed by atoms with Crippen LogP contribution in [-0.2, 0) is 21.6 Å². The van der Waals surface area contributed by atoms with Crippen molar-refractivity contribution in [1.82, 2.24) is 0 Å². The van der Waals surface area contributed by atoms with Crippen LogP contribution < -0.4 is 0 Å². The van der Waals surface area contributed by atoms with Gasteiger partial charge in [0.15, 0.2) is 11.6 Å². The van der Waals surface area contributed by atoms with Gasteiger partial charge in [-0.3, -0.25) is 4.79 Å². The van der Waals surface area contributed by atoms with Crippen LogP contribution in [0.1, 0.15) is 30.5 Å². The first kappa shape index (κ1) is 16.1. The molecule has 4 heteroatoms. The maximum atomic E-state index is 14.1. The van der Waals surface area contributed by atoms with Gasteiger partial charge in [-0.2, -0.15) is 0 Å². The molecule has 0 aromatic heterocycles. The minimum absolute atomic E-state index is 0.00587. The third-order valence-corrected chi connectivity index (χ3v) is 3.67. The second-order valence-corrected chi connectivity index (χ2v) is 5.74. The first-order valence-corrected chi connectivity index (χ1v) is 7.00. The molecule has 0 saturated heterocycles. The fraction of sp³-hybridized carbons (Fsp3) is 0.278. The molecule has 0 radical (unpaired) electrons. The number of halogens is 2. The molecule has 0 N–H and O–H groups in total. The highest BCUT2D eigenvalue weighted by Gasteiger charge is 2.35. The standard InChI is InChI=1S/C18H18F2O2/c1-12-9-10-14(16(20)15(12)19)18(2,3)17(21)22-11-13-7-5-4-6-8-13/h4-10H,11H2,1-3H3. The fourth-order valence-corrected chi connectivity index (χ4v) is 2.14. The summed E-state index contributed by atoms with van der Waals surface area (Å²) in [5.41, 5.74) is -0.237. The van der Waals surface area contributed by atoms with Crippen LogP contribution in [0.2, 0.25) is 0 Å². The largest absolute Gasteiger partial charge is 0.460 e. The highest BCUT2D eigenvalue weighted by molar-refractivity contribution is 5.82. The van der Waals surface area contributed by atoms with Gasteiger partial charge in [0, 0.05) is 5.56 Å². The number of ether oxygens (including phenoxy) is 1. The van der Waals surface area contributed by atoms with E-state index in [-0.39, 0.29) is 17.7 Å². The summed E-state index contributed by atoms with van der Waals surface area (Å²) in [7, 11) is 0. The van der Waals surface area contributed by atoms with E-state index >= 15 is 0 Å². The summed E-state index contributed by atoms with van der Waals surface area (Å²) in [5, 5.41) is 0. The van der Waals surface area contributed by atoms with Crippen molar-refractivity contribution in [3.05, 3.63) is 70.8 Å². The van der Waals surface area contributed by atoms with Crippen LogP contribution >= 0.6 is 0 Å².